The molecule has 0 saturated carbocycles. The van der Waals surface area contributed by atoms with Gasteiger partial charge < -0.3 is 20.7 Å². The van der Waals surface area contributed by atoms with Crippen molar-refractivity contribution in [2.75, 3.05) is 11.9 Å². The van der Waals surface area contributed by atoms with Gasteiger partial charge in [-0.15, -0.1) is 13.2 Å². The van der Waals surface area contributed by atoms with Crippen LogP contribution < -0.4 is 20.7 Å². The number of carbonyl (C=O) groups is 2. The predicted molar refractivity (Wildman–Crippen MR) is 120 cm³/mol. The third-order valence-electron chi connectivity index (χ3n) is 4.76. The molecule has 34 heavy (non-hydrogen) atoms. The summed E-state index contributed by atoms with van der Waals surface area (Å²) in [6.07, 6.45) is -4.51. The summed E-state index contributed by atoms with van der Waals surface area (Å²) in [5.41, 5.74) is 1.02. The molecular formula is C24H21F3N4O3. The highest BCUT2D eigenvalue weighted by molar-refractivity contribution is 5.94. The molecule has 3 rings (SSSR count). The molecule has 7 nitrogen and oxygen atoms in total. The molecule has 0 spiro atoms. The number of nitriles is 1. The summed E-state index contributed by atoms with van der Waals surface area (Å²) in [4.78, 5) is 25.2. The van der Waals surface area contributed by atoms with E-state index in [0.29, 0.717) is 0 Å². The molecule has 1 atom stereocenters. The number of alkyl halides is 3. The summed E-state index contributed by atoms with van der Waals surface area (Å²) >= 11 is 0. The molecule has 0 bridgehead atoms. The minimum Gasteiger partial charge on any atom is -0.406 e. The summed E-state index contributed by atoms with van der Waals surface area (Å²) < 4.78 is 40.7. The van der Waals surface area contributed by atoms with Crippen LogP contribution in [-0.2, 0) is 11.2 Å². The van der Waals surface area contributed by atoms with Crippen LogP contribution in [0.5, 0.6) is 5.75 Å². The Hall–Kier alpha value is -4.26. The van der Waals surface area contributed by atoms with E-state index in [4.69, 9.17) is 5.26 Å². The lowest BCUT2D eigenvalue weighted by molar-refractivity contribution is -0.274. The standard InChI is InChI=1S/C24H21F3N4O3/c25-24(26,27)34-20-10-8-19(9-11-20)30-23(33)31-21(22(32)29-13-3-12-28)15-16-6-7-17-4-1-2-5-18(17)14-16/h1-2,4-11,14,21H,3,13,15H2,(H,29,32)(H2,30,31,33). The molecule has 0 aliphatic carbocycles. The molecule has 0 aliphatic heterocycles. The highest BCUT2D eigenvalue weighted by Gasteiger charge is 2.31. The van der Waals surface area contributed by atoms with E-state index < -0.39 is 30.1 Å². The van der Waals surface area contributed by atoms with Gasteiger partial charge in [0.1, 0.15) is 11.8 Å². The number of benzene rings is 3. The van der Waals surface area contributed by atoms with Crippen LogP contribution in [0.2, 0.25) is 0 Å². The molecule has 3 aromatic rings. The van der Waals surface area contributed by atoms with Gasteiger partial charge in [-0.3, -0.25) is 4.79 Å². The normalized spacial score (nSPS) is 11.8. The minimum absolute atomic E-state index is 0.118. The average Bonchev–Trinajstić information content (AvgIpc) is 2.79. The van der Waals surface area contributed by atoms with Crippen LogP contribution in [0.4, 0.5) is 23.7 Å². The zero-order valence-electron chi connectivity index (χ0n) is 17.9. The summed E-state index contributed by atoms with van der Waals surface area (Å²) in [6, 6.07) is 18.3. The number of fused-ring (bicyclic) bond motifs is 1. The summed E-state index contributed by atoms with van der Waals surface area (Å²) in [6.45, 7) is 0.132. The van der Waals surface area contributed by atoms with E-state index in [1.165, 1.54) is 12.1 Å². The van der Waals surface area contributed by atoms with Gasteiger partial charge >= 0.3 is 12.4 Å². The van der Waals surface area contributed by atoms with Crippen LogP contribution in [0.1, 0.15) is 12.0 Å². The Bertz CT molecular complexity index is 1190. The first-order chi connectivity index (χ1) is 16.2. The number of hydrogen-bond donors (Lipinski definition) is 3. The zero-order valence-corrected chi connectivity index (χ0v) is 17.9. The molecule has 176 valence electrons. The third-order valence-corrected chi connectivity index (χ3v) is 4.76. The molecular weight excluding hydrogens is 449 g/mol. The number of rotatable bonds is 8. The summed E-state index contributed by atoms with van der Waals surface area (Å²) in [5, 5.41) is 18.4. The van der Waals surface area contributed by atoms with Gasteiger partial charge in [-0.1, -0.05) is 42.5 Å². The number of ether oxygens (including phenoxy) is 1. The Balaban J connectivity index is 1.69. The number of nitrogens with one attached hydrogen (secondary N) is 3. The molecule has 0 radical (unpaired) electrons. The van der Waals surface area contributed by atoms with E-state index in [1.807, 2.05) is 48.5 Å². The van der Waals surface area contributed by atoms with Crippen molar-refractivity contribution in [1.82, 2.24) is 10.6 Å². The van der Waals surface area contributed by atoms with Crippen molar-refractivity contribution in [2.45, 2.75) is 25.2 Å². The fraction of sp³-hybridized carbons (Fsp3) is 0.208. The summed E-state index contributed by atoms with van der Waals surface area (Å²) in [7, 11) is 0. The van der Waals surface area contributed by atoms with Gasteiger partial charge in [0.2, 0.25) is 5.91 Å². The number of nitrogens with zero attached hydrogens (tertiary/aromatic N) is 1. The van der Waals surface area contributed by atoms with Gasteiger partial charge in [0, 0.05) is 18.7 Å². The lowest BCUT2D eigenvalue weighted by Crippen LogP contribution is -2.49. The number of halogens is 3. The fourth-order valence-corrected chi connectivity index (χ4v) is 3.24. The molecule has 0 heterocycles. The Kier molecular flexibility index (Phi) is 7.92. The van der Waals surface area contributed by atoms with Crippen LogP contribution in [-0.4, -0.2) is 30.9 Å². The van der Waals surface area contributed by atoms with Crippen LogP contribution >= 0.6 is 0 Å². The van der Waals surface area contributed by atoms with E-state index in [2.05, 4.69) is 20.7 Å². The zero-order chi connectivity index (χ0) is 24.6. The maximum Gasteiger partial charge on any atom is 0.573 e. The van der Waals surface area contributed by atoms with Crippen molar-refractivity contribution in [3.8, 4) is 11.8 Å². The monoisotopic (exact) mass is 470 g/mol. The van der Waals surface area contributed by atoms with E-state index in [0.717, 1.165) is 28.5 Å². The number of carbonyl (C=O) groups excluding carboxylic acids is 2. The maximum atomic E-state index is 12.7. The smallest absolute Gasteiger partial charge is 0.406 e. The maximum absolute atomic E-state index is 12.7. The molecule has 0 aliphatic rings. The SMILES string of the molecule is N#CCCNC(=O)C(Cc1ccc2ccccc2c1)NC(=O)Nc1ccc(OC(F)(F)F)cc1. The first kappa shape index (κ1) is 24.4. The van der Waals surface area contributed by atoms with Gasteiger partial charge in [-0.2, -0.15) is 5.26 Å². The Morgan fingerprint density at radius 2 is 1.71 bits per heavy atom. The van der Waals surface area contributed by atoms with Crippen molar-refractivity contribution in [3.05, 3.63) is 72.3 Å². The molecule has 1 unspecified atom stereocenters. The summed E-state index contributed by atoms with van der Waals surface area (Å²) in [5.74, 6) is -0.892. The fourth-order valence-electron chi connectivity index (χ4n) is 3.24. The second-order valence-electron chi connectivity index (χ2n) is 7.31. The average molecular weight is 470 g/mol. The van der Waals surface area contributed by atoms with E-state index in [-0.39, 0.29) is 25.1 Å². The number of urea groups is 1. The van der Waals surface area contributed by atoms with Gasteiger partial charge in [0.05, 0.1) is 12.5 Å². The predicted octanol–water partition coefficient (Wildman–Crippen LogP) is 4.50. The Morgan fingerprint density at radius 1 is 1.00 bits per heavy atom. The van der Waals surface area contributed by atoms with Gasteiger partial charge in [0.15, 0.2) is 0 Å². The lowest BCUT2D eigenvalue weighted by Gasteiger charge is -2.19. The number of amides is 3. The second-order valence-corrected chi connectivity index (χ2v) is 7.31. The van der Waals surface area contributed by atoms with E-state index in [1.54, 1.807) is 0 Å². The first-order valence-corrected chi connectivity index (χ1v) is 10.3. The van der Waals surface area contributed by atoms with Crippen LogP contribution in [0.15, 0.2) is 66.7 Å². The number of anilines is 1. The van der Waals surface area contributed by atoms with Crippen LogP contribution in [0, 0.1) is 11.3 Å². The van der Waals surface area contributed by atoms with Crippen molar-refractivity contribution in [3.63, 3.8) is 0 Å². The molecule has 0 fully saturated rings. The van der Waals surface area contributed by atoms with E-state index in [9.17, 15) is 22.8 Å². The molecule has 0 aromatic heterocycles. The molecule has 0 saturated heterocycles. The first-order valence-electron chi connectivity index (χ1n) is 10.3. The van der Waals surface area contributed by atoms with Crippen LogP contribution in [0.25, 0.3) is 10.8 Å². The molecule has 3 aromatic carbocycles. The number of hydrogen-bond acceptors (Lipinski definition) is 4. The molecule has 3 amide bonds. The highest BCUT2D eigenvalue weighted by atomic mass is 19.4. The molecule has 3 N–H and O–H groups in total. The third kappa shape index (κ3) is 7.41. The van der Waals surface area contributed by atoms with Crippen LogP contribution in [0.3, 0.4) is 0 Å². The van der Waals surface area contributed by atoms with Gasteiger partial charge in [0.25, 0.3) is 0 Å². The quantitative estimate of drug-likeness (QED) is 0.422. The van der Waals surface area contributed by atoms with E-state index >= 15 is 0 Å². The van der Waals surface area contributed by atoms with Crippen molar-refractivity contribution in [2.24, 2.45) is 0 Å². The largest absolute Gasteiger partial charge is 0.573 e. The lowest BCUT2D eigenvalue weighted by atomic mass is 10.0. The minimum atomic E-state index is -4.82. The van der Waals surface area contributed by atoms with Crippen molar-refractivity contribution < 1.29 is 27.5 Å². The molecule has 10 heteroatoms. The van der Waals surface area contributed by atoms with Crippen molar-refractivity contribution >= 4 is 28.4 Å². The second kappa shape index (κ2) is 11.0. The Morgan fingerprint density at radius 3 is 2.38 bits per heavy atom. The van der Waals surface area contributed by atoms with Crippen molar-refractivity contribution in [1.29, 1.82) is 5.26 Å². The van der Waals surface area contributed by atoms with Gasteiger partial charge in [-0.25, -0.2) is 4.79 Å². The topological polar surface area (TPSA) is 103 Å². The van der Waals surface area contributed by atoms with Gasteiger partial charge in [-0.05, 0) is 40.6 Å². The highest BCUT2D eigenvalue weighted by Crippen LogP contribution is 2.24. The Labute approximate surface area is 193 Å².